The van der Waals surface area contributed by atoms with Gasteiger partial charge in [-0.05, 0) is 42.8 Å². The molecule has 2 aromatic rings. The Labute approximate surface area is 120 Å². The molecule has 20 heavy (non-hydrogen) atoms. The second-order valence-corrected chi connectivity index (χ2v) is 4.55. The standard InChI is InChI=1S/C14H12ClFN2O2/c1-8-6-9(2-4-11(8)14(17)18-19)20-10-3-5-12(15)13(16)7-10/h2-7,19H,1H3,(H2,17,18). The van der Waals surface area contributed by atoms with E-state index in [2.05, 4.69) is 5.16 Å². The van der Waals surface area contributed by atoms with Crippen LogP contribution in [0.25, 0.3) is 0 Å². The normalized spacial score (nSPS) is 11.4. The van der Waals surface area contributed by atoms with Crippen LogP contribution in [0.15, 0.2) is 41.6 Å². The SMILES string of the molecule is Cc1cc(Oc2ccc(Cl)c(F)c2)ccc1/C(N)=N/O. The predicted molar refractivity (Wildman–Crippen MR) is 75.2 cm³/mol. The zero-order valence-corrected chi connectivity index (χ0v) is 11.4. The molecule has 2 rings (SSSR count). The Hall–Kier alpha value is -2.27. The number of hydrogen-bond donors (Lipinski definition) is 2. The molecule has 2 aromatic carbocycles. The van der Waals surface area contributed by atoms with Crippen LogP contribution in [0, 0.1) is 12.7 Å². The number of rotatable bonds is 3. The molecular weight excluding hydrogens is 283 g/mol. The summed E-state index contributed by atoms with van der Waals surface area (Å²) in [4.78, 5) is 0. The number of oxime groups is 1. The maximum absolute atomic E-state index is 13.3. The van der Waals surface area contributed by atoms with E-state index in [9.17, 15) is 4.39 Å². The second kappa shape index (κ2) is 5.79. The average Bonchev–Trinajstić information content (AvgIpc) is 2.42. The van der Waals surface area contributed by atoms with Crippen molar-refractivity contribution < 1.29 is 14.3 Å². The minimum absolute atomic E-state index is 0.0200. The summed E-state index contributed by atoms with van der Waals surface area (Å²) in [6, 6.07) is 9.20. The van der Waals surface area contributed by atoms with Gasteiger partial charge in [-0.1, -0.05) is 16.8 Å². The van der Waals surface area contributed by atoms with E-state index in [1.54, 1.807) is 31.2 Å². The van der Waals surface area contributed by atoms with Crippen LogP contribution >= 0.6 is 11.6 Å². The summed E-state index contributed by atoms with van der Waals surface area (Å²) in [5.74, 6) is 0.322. The van der Waals surface area contributed by atoms with Gasteiger partial charge in [0, 0.05) is 11.6 Å². The Morgan fingerprint density at radius 1 is 1.25 bits per heavy atom. The summed E-state index contributed by atoms with van der Waals surface area (Å²) in [5.41, 5.74) is 6.90. The van der Waals surface area contributed by atoms with Gasteiger partial charge in [-0.25, -0.2) is 4.39 Å². The summed E-state index contributed by atoms with van der Waals surface area (Å²) in [6.45, 7) is 1.79. The van der Waals surface area contributed by atoms with Gasteiger partial charge in [0.05, 0.1) is 5.02 Å². The lowest BCUT2D eigenvalue weighted by molar-refractivity contribution is 0.318. The number of ether oxygens (including phenoxy) is 1. The van der Waals surface area contributed by atoms with Gasteiger partial charge in [0.15, 0.2) is 5.84 Å². The van der Waals surface area contributed by atoms with Gasteiger partial charge in [0.1, 0.15) is 17.3 Å². The number of aryl methyl sites for hydroxylation is 1. The second-order valence-electron chi connectivity index (χ2n) is 4.14. The minimum Gasteiger partial charge on any atom is -0.457 e. The molecule has 0 bridgehead atoms. The Balaban J connectivity index is 2.26. The number of hydrogen-bond acceptors (Lipinski definition) is 3. The average molecular weight is 295 g/mol. The summed E-state index contributed by atoms with van der Waals surface area (Å²) in [6.07, 6.45) is 0. The van der Waals surface area contributed by atoms with Crippen LogP contribution in [-0.2, 0) is 0 Å². The quantitative estimate of drug-likeness (QED) is 0.393. The number of halogens is 2. The van der Waals surface area contributed by atoms with Gasteiger partial charge in [0.2, 0.25) is 0 Å². The van der Waals surface area contributed by atoms with Gasteiger partial charge >= 0.3 is 0 Å². The molecule has 0 heterocycles. The number of amidine groups is 1. The molecule has 104 valence electrons. The van der Waals surface area contributed by atoms with E-state index in [1.807, 2.05) is 0 Å². The summed E-state index contributed by atoms with van der Waals surface area (Å²) < 4.78 is 18.8. The van der Waals surface area contributed by atoms with E-state index >= 15 is 0 Å². The van der Waals surface area contributed by atoms with E-state index < -0.39 is 5.82 Å². The maximum atomic E-state index is 13.3. The third kappa shape index (κ3) is 3.00. The zero-order valence-electron chi connectivity index (χ0n) is 10.6. The molecule has 0 aliphatic heterocycles. The van der Waals surface area contributed by atoms with Crippen LogP contribution in [0.4, 0.5) is 4.39 Å². The van der Waals surface area contributed by atoms with Gasteiger partial charge in [-0.3, -0.25) is 0 Å². The lowest BCUT2D eigenvalue weighted by Crippen LogP contribution is -2.14. The number of nitrogens with two attached hydrogens (primary N) is 1. The van der Waals surface area contributed by atoms with E-state index in [4.69, 9.17) is 27.3 Å². The molecule has 0 aromatic heterocycles. The molecular formula is C14H12ClFN2O2. The van der Waals surface area contributed by atoms with Crippen molar-refractivity contribution in [2.24, 2.45) is 10.9 Å². The van der Waals surface area contributed by atoms with Crippen LogP contribution in [0.5, 0.6) is 11.5 Å². The Bertz CT molecular complexity index is 674. The molecule has 3 N–H and O–H groups in total. The van der Waals surface area contributed by atoms with Crippen molar-refractivity contribution in [2.45, 2.75) is 6.92 Å². The monoisotopic (exact) mass is 294 g/mol. The third-order valence-corrected chi connectivity index (χ3v) is 3.01. The lowest BCUT2D eigenvalue weighted by Gasteiger charge is -2.09. The van der Waals surface area contributed by atoms with E-state index in [-0.39, 0.29) is 10.9 Å². The maximum Gasteiger partial charge on any atom is 0.170 e. The van der Waals surface area contributed by atoms with Gasteiger partial charge in [0.25, 0.3) is 0 Å². The first-order valence-electron chi connectivity index (χ1n) is 5.72. The highest BCUT2D eigenvalue weighted by Gasteiger charge is 2.07. The molecule has 0 aliphatic carbocycles. The number of nitrogens with zero attached hydrogens (tertiary/aromatic N) is 1. The van der Waals surface area contributed by atoms with Crippen LogP contribution < -0.4 is 10.5 Å². The molecule has 4 nitrogen and oxygen atoms in total. The van der Waals surface area contributed by atoms with Gasteiger partial charge in [-0.15, -0.1) is 0 Å². The number of benzene rings is 2. The molecule has 0 radical (unpaired) electrons. The van der Waals surface area contributed by atoms with Gasteiger partial charge in [-0.2, -0.15) is 0 Å². The van der Waals surface area contributed by atoms with Gasteiger partial charge < -0.3 is 15.7 Å². The molecule has 0 saturated carbocycles. The Morgan fingerprint density at radius 3 is 2.50 bits per heavy atom. The predicted octanol–water partition coefficient (Wildman–Crippen LogP) is 3.67. The summed E-state index contributed by atoms with van der Waals surface area (Å²) in [7, 11) is 0. The molecule has 0 amide bonds. The van der Waals surface area contributed by atoms with E-state index in [0.717, 1.165) is 5.56 Å². The highest BCUT2D eigenvalue weighted by Crippen LogP contribution is 2.26. The first-order chi connectivity index (χ1) is 9.51. The van der Waals surface area contributed by atoms with Crippen LogP contribution in [0.1, 0.15) is 11.1 Å². The fourth-order valence-corrected chi connectivity index (χ4v) is 1.83. The van der Waals surface area contributed by atoms with Crippen LogP contribution in [0.2, 0.25) is 5.02 Å². The molecule has 6 heteroatoms. The van der Waals surface area contributed by atoms with Crippen molar-refractivity contribution >= 4 is 17.4 Å². The third-order valence-electron chi connectivity index (χ3n) is 2.71. The molecule has 0 aliphatic rings. The molecule has 0 unspecified atom stereocenters. The van der Waals surface area contributed by atoms with Crippen molar-refractivity contribution in [3.05, 3.63) is 58.4 Å². The topological polar surface area (TPSA) is 67.8 Å². The summed E-state index contributed by atoms with van der Waals surface area (Å²) >= 11 is 5.60. The van der Waals surface area contributed by atoms with Crippen molar-refractivity contribution in [1.29, 1.82) is 0 Å². The molecule has 0 saturated heterocycles. The minimum atomic E-state index is -0.547. The van der Waals surface area contributed by atoms with Crippen molar-refractivity contribution in [1.82, 2.24) is 0 Å². The highest BCUT2D eigenvalue weighted by molar-refractivity contribution is 6.30. The smallest absolute Gasteiger partial charge is 0.170 e. The van der Waals surface area contributed by atoms with E-state index in [0.29, 0.717) is 17.1 Å². The summed E-state index contributed by atoms with van der Waals surface area (Å²) in [5, 5.41) is 11.6. The van der Waals surface area contributed by atoms with Crippen molar-refractivity contribution in [3.63, 3.8) is 0 Å². The van der Waals surface area contributed by atoms with E-state index in [1.165, 1.54) is 12.1 Å². The Kier molecular flexibility index (Phi) is 4.10. The van der Waals surface area contributed by atoms with Crippen LogP contribution in [-0.4, -0.2) is 11.0 Å². The Morgan fingerprint density at radius 2 is 1.90 bits per heavy atom. The lowest BCUT2D eigenvalue weighted by atomic mass is 10.1. The molecule has 0 atom stereocenters. The first kappa shape index (κ1) is 14.1. The van der Waals surface area contributed by atoms with Crippen molar-refractivity contribution in [3.8, 4) is 11.5 Å². The molecule has 0 fully saturated rings. The fraction of sp³-hybridized carbons (Fsp3) is 0.0714. The largest absolute Gasteiger partial charge is 0.457 e. The van der Waals surface area contributed by atoms with Crippen molar-refractivity contribution in [2.75, 3.05) is 0 Å². The zero-order chi connectivity index (χ0) is 14.7. The van der Waals surface area contributed by atoms with Crippen LogP contribution in [0.3, 0.4) is 0 Å². The first-order valence-corrected chi connectivity index (χ1v) is 6.10. The fourth-order valence-electron chi connectivity index (χ4n) is 1.72. The highest BCUT2D eigenvalue weighted by atomic mass is 35.5. The molecule has 0 spiro atoms.